The molecule has 0 amide bonds. The van der Waals surface area contributed by atoms with Crippen molar-refractivity contribution in [1.29, 1.82) is 0 Å². The van der Waals surface area contributed by atoms with E-state index in [1.165, 1.54) is 12.8 Å². The summed E-state index contributed by atoms with van der Waals surface area (Å²) in [4.78, 5) is 0. The molecule has 80 valence electrons. The molecule has 0 saturated heterocycles. The summed E-state index contributed by atoms with van der Waals surface area (Å²) in [5.74, 6) is 2.44. The highest BCUT2D eigenvalue weighted by atomic mass is 14.9. The molecule has 0 aliphatic carbocycles. The third-order valence-electron chi connectivity index (χ3n) is 3.42. The van der Waals surface area contributed by atoms with E-state index in [-0.39, 0.29) is 0 Å². The average Bonchev–Trinajstić information content (AvgIpc) is 2.11. The highest BCUT2D eigenvalue weighted by molar-refractivity contribution is 4.73. The molecule has 0 spiro atoms. The molecule has 3 unspecified atom stereocenters. The Labute approximate surface area is 84.3 Å². The molecule has 1 nitrogen and oxygen atoms in total. The molecule has 3 atom stereocenters. The van der Waals surface area contributed by atoms with E-state index in [0.717, 1.165) is 17.8 Å². The number of hydrogen-bond donors (Lipinski definition) is 1. The Bertz CT molecular complexity index is 120. The van der Waals surface area contributed by atoms with Gasteiger partial charge in [0.05, 0.1) is 0 Å². The van der Waals surface area contributed by atoms with Crippen LogP contribution in [-0.4, -0.2) is 13.1 Å². The highest BCUT2D eigenvalue weighted by Crippen LogP contribution is 2.22. The second-order valence-corrected chi connectivity index (χ2v) is 4.74. The lowest BCUT2D eigenvalue weighted by Crippen LogP contribution is -2.33. The van der Waals surface area contributed by atoms with E-state index in [1.54, 1.807) is 0 Å². The van der Waals surface area contributed by atoms with Crippen molar-refractivity contribution < 1.29 is 0 Å². The van der Waals surface area contributed by atoms with Gasteiger partial charge < -0.3 is 5.32 Å². The first-order chi connectivity index (χ1) is 6.02. The molecule has 0 rings (SSSR count). The van der Waals surface area contributed by atoms with Crippen LogP contribution in [0.4, 0.5) is 0 Å². The minimum absolute atomic E-state index is 0.684. The predicted octanol–water partition coefficient (Wildman–Crippen LogP) is 3.30. The van der Waals surface area contributed by atoms with Crippen LogP contribution in [0.3, 0.4) is 0 Å². The topological polar surface area (TPSA) is 12.0 Å². The van der Waals surface area contributed by atoms with Gasteiger partial charge in [-0.25, -0.2) is 0 Å². The van der Waals surface area contributed by atoms with Gasteiger partial charge >= 0.3 is 0 Å². The van der Waals surface area contributed by atoms with Crippen LogP contribution >= 0.6 is 0 Å². The van der Waals surface area contributed by atoms with Crippen LogP contribution in [0, 0.1) is 17.8 Å². The maximum absolute atomic E-state index is 3.41. The van der Waals surface area contributed by atoms with Gasteiger partial charge in [0.2, 0.25) is 0 Å². The van der Waals surface area contributed by atoms with Crippen LogP contribution in [0.2, 0.25) is 0 Å². The Morgan fingerprint density at radius 1 is 1.00 bits per heavy atom. The van der Waals surface area contributed by atoms with Crippen LogP contribution in [0.1, 0.15) is 47.5 Å². The van der Waals surface area contributed by atoms with Gasteiger partial charge in [-0.2, -0.15) is 0 Å². The van der Waals surface area contributed by atoms with Crippen LogP contribution in [0.25, 0.3) is 0 Å². The fourth-order valence-corrected chi connectivity index (χ4v) is 1.76. The SMILES string of the molecule is CCC(C)C(C)CC(NC)C(C)C. The van der Waals surface area contributed by atoms with E-state index in [9.17, 15) is 0 Å². The molecular weight excluding hydrogens is 158 g/mol. The quantitative estimate of drug-likeness (QED) is 0.669. The van der Waals surface area contributed by atoms with Crippen LogP contribution in [-0.2, 0) is 0 Å². The molecule has 13 heavy (non-hydrogen) atoms. The van der Waals surface area contributed by atoms with Gasteiger partial charge in [-0.3, -0.25) is 0 Å². The summed E-state index contributed by atoms with van der Waals surface area (Å²) in [7, 11) is 2.08. The van der Waals surface area contributed by atoms with E-state index in [1.807, 2.05) is 0 Å². The van der Waals surface area contributed by atoms with Crippen LogP contribution < -0.4 is 5.32 Å². The van der Waals surface area contributed by atoms with Crippen LogP contribution in [0.5, 0.6) is 0 Å². The van der Waals surface area contributed by atoms with Crippen molar-refractivity contribution >= 4 is 0 Å². The largest absolute Gasteiger partial charge is 0.317 e. The van der Waals surface area contributed by atoms with Crippen molar-refractivity contribution in [2.24, 2.45) is 17.8 Å². The number of hydrogen-bond acceptors (Lipinski definition) is 1. The zero-order valence-corrected chi connectivity index (χ0v) is 10.2. The van der Waals surface area contributed by atoms with Crippen LogP contribution in [0.15, 0.2) is 0 Å². The number of nitrogens with one attached hydrogen (secondary N) is 1. The second-order valence-electron chi connectivity index (χ2n) is 4.74. The molecule has 0 aromatic heterocycles. The molecule has 0 bridgehead atoms. The smallest absolute Gasteiger partial charge is 0.00896 e. The standard InChI is InChI=1S/C12H27N/c1-7-10(4)11(5)8-12(13-6)9(2)3/h9-13H,7-8H2,1-6H3. The highest BCUT2D eigenvalue weighted by Gasteiger charge is 2.17. The van der Waals surface area contributed by atoms with Gasteiger partial charge in [0.15, 0.2) is 0 Å². The first-order valence-electron chi connectivity index (χ1n) is 5.70. The summed E-state index contributed by atoms with van der Waals surface area (Å²) in [6.45, 7) is 11.6. The van der Waals surface area contributed by atoms with Crippen molar-refractivity contribution in [2.45, 2.75) is 53.5 Å². The Kier molecular flexibility index (Phi) is 6.40. The Morgan fingerprint density at radius 2 is 1.54 bits per heavy atom. The van der Waals surface area contributed by atoms with Crippen molar-refractivity contribution in [2.75, 3.05) is 7.05 Å². The normalized spacial score (nSPS) is 18.7. The third-order valence-corrected chi connectivity index (χ3v) is 3.42. The van der Waals surface area contributed by atoms with E-state index >= 15 is 0 Å². The van der Waals surface area contributed by atoms with Gasteiger partial charge in [0.25, 0.3) is 0 Å². The van der Waals surface area contributed by atoms with Crippen molar-refractivity contribution in [3.8, 4) is 0 Å². The van der Waals surface area contributed by atoms with E-state index < -0.39 is 0 Å². The van der Waals surface area contributed by atoms with Gasteiger partial charge in [-0.05, 0) is 31.2 Å². The van der Waals surface area contributed by atoms with Crippen molar-refractivity contribution in [3.05, 3.63) is 0 Å². The fourth-order valence-electron chi connectivity index (χ4n) is 1.76. The summed E-state index contributed by atoms with van der Waals surface area (Å²) in [6.07, 6.45) is 2.61. The second kappa shape index (κ2) is 6.42. The summed E-state index contributed by atoms with van der Waals surface area (Å²) in [6, 6.07) is 0.684. The van der Waals surface area contributed by atoms with Gasteiger partial charge in [0.1, 0.15) is 0 Å². The predicted molar refractivity (Wildman–Crippen MR) is 60.9 cm³/mol. The van der Waals surface area contributed by atoms with E-state index in [0.29, 0.717) is 6.04 Å². The first-order valence-corrected chi connectivity index (χ1v) is 5.70. The van der Waals surface area contributed by atoms with Gasteiger partial charge in [0, 0.05) is 6.04 Å². The molecule has 1 heteroatoms. The molecule has 0 saturated carbocycles. The third kappa shape index (κ3) is 4.66. The molecule has 0 aromatic carbocycles. The maximum atomic E-state index is 3.41. The first kappa shape index (κ1) is 13.0. The molecular formula is C12H27N. The summed E-state index contributed by atoms with van der Waals surface area (Å²) in [5, 5.41) is 3.41. The summed E-state index contributed by atoms with van der Waals surface area (Å²) < 4.78 is 0. The molecule has 0 heterocycles. The van der Waals surface area contributed by atoms with Crippen molar-refractivity contribution in [3.63, 3.8) is 0 Å². The maximum Gasteiger partial charge on any atom is 0.00896 e. The molecule has 0 aliphatic heterocycles. The summed E-state index contributed by atoms with van der Waals surface area (Å²) >= 11 is 0. The van der Waals surface area contributed by atoms with Crippen molar-refractivity contribution in [1.82, 2.24) is 5.32 Å². The summed E-state index contributed by atoms with van der Waals surface area (Å²) in [5.41, 5.74) is 0. The van der Waals surface area contributed by atoms with E-state index in [2.05, 4.69) is 47.0 Å². The van der Waals surface area contributed by atoms with E-state index in [4.69, 9.17) is 0 Å². The van der Waals surface area contributed by atoms with Gasteiger partial charge in [-0.1, -0.05) is 41.0 Å². The Morgan fingerprint density at radius 3 is 1.85 bits per heavy atom. The molecule has 1 N–H and O–H groups in total. The molecule has 0 aliphatic rings. The fraction of sp³-hybridized carbons (Fsp3) is 1.00. The monoisotopic (exact) mass is 185 g/mol. The Balaban J connectivity index is 3.93. The average molecular weight is 185 g/mol. The van der Waals surface area contributed by atoms with Gasteiger partial charge in [-0.15, -0.1) is 0 Å². The number of rotatable bonds is 6. The molecule has 0 fully saturated rings. The Hall–Kier alpha value is -0.0400. The molecule has 0 aromatic rings. The zero-order valence-electron chi connectivity index (χ0n) is 10.2. The zero-order chi connectivity index (χ0) is 10.4. The lowest BCUT2D eigenvalue weighted by molar-refractivity contribution is 0.280. The minimum Gasteiger partial charge on any atom is -0.317 e. The molecule has 0 radical (unpaired) electrons. The lowest BCUT2D eigenvalue weighted by atomic mass is 9.85. The minimum atomic E-state index is 0.684. The lowest BCUT2D eigenvalue weighted by Gasteiger charge is -2.26.